The fourth-order valence-electron chi connectivity index (χ4n) is 1.17. The van der Waals surface area contributed by atoms with E-state index in [0.717, 1.165) is 11.6 Å². The topological polar surface area (TPSA) is 78.9 Å². The van der Waals surface area contributed by atoms with E-state index in [2.05, 4.69) is 15.0 Å². The molecule has 0 unspecified atom stereocenters. The number of nitrogens with one attached hydrogen (secondary N) is 1. The molecule has 5 heteroatoms. The normalized spacial score (nSPS) is 10.2. The first kappa shape index (κ1) is 9.39. The van der Waals surface area contributed by atoms with Crippen molar-refractivity contribution < 1.29 is 5.11 Å². The summed E-state index contributed by atoms with van der Waals surface area (Å²) in [7, 11) is 0. The van der Waals surface area contributed by atoms with Gasteiger partial charge in [0.05, 0.1) is 6.07 Å². The molecule has 2 rings (SSSR count). The molecule has 2 aromatic heterocycles. The third-order valence-corrected chi connectivity index (χ3v) is 1.88. The van der Waals surface area contributed by atoms with Crippen molar-refractivity contribution in [1.82, 2.24) is 15.0 Å². The zero-order valence-electron chi connectivity index (χ0n) is 8.06. The first-order chi connectivity index (χ1) is 7.15. The second kappa shape index (κ2) is 3.53. The van der Waals surface area contributed by atoms with Crippen LogP contribution in [0.5, 0.6) is 5.88 Å². The van der Waals surface area contributed by atoms with Crippen molar-refractivity contribution >= 4 is 0 Å². The van der Waals surface area contributed by atoms with E-state index >= 15 is 0 Å². The Morgan fingerprint density at radius 2 is 2.20 bits per heavy atom. The van der Waals surface area contributed by atoms with E-state index in [9.17, 15) is 4.79 Å². The first-order valence-electron chi connectivity index (χ1n) is 4.38. The van der Waals surface area contributed by atoms with Gasteiger partial charge in [-0.3, -0.25) is 9.78 Å². The summed E-state index contributed by atoms with van der Waals surface area (Å²) in [5.74, 6) is -0.0453. The van der Waals surface area contributed by atoms with Crippen LogP contribution in [0.3, 0.4) is 0 Å². The highest BCUT2D eigenvalue weighted by molar-refractivity contribution is 5.49. The third-order valence-electron chi connectivity index (χ3n) is 1.88. The van der Waals surface area contributed by atoms with Crippen LogP contribution in [0.4, 0.5) is 0 Å². The molecule has 2 N–H and O–H groups in total. The summed E-state index contributed by atoms with van der Waals surface area (Å²) in [4.78, 5) is 21.4. The minimum Gasteiger partial charge on any atom is -0.493 e. The number of pyridine rings is 1. The van der Waals surface area contributed by atoms with Crippen molar-refractivity contribution in [3.05, 3.63) is 40.3 Å². The molecule has 2 aromatic rings. The van der Waals surface area contributed by atoms with E-state index in [1.54, 1.807) is 12.3 Å². The van der Waals surface area contributed by atoms with Gasteiger partial charge in [0.1, 0.15) is 5.69 Å². The molecular weight excluding hydrogens is 194 g/mol. The lowest BCUT2D eigenvalue weighted by molar-refractivity contribution is 0.452. The highest BCUT2D eigenvalue weighted by atomic mass is 16.3. The lowest BCUT2D eigenvalue weighted by atomic mass is 10.2. The number of aromatic nitrogens is 3. The van der Waals surface area contributed by atoms with Gasteiger partial charge in [0.2, 0.25) is 5.88 Å². The van der Waals surface area contributed by atoms with Crippen LogP contribution in [0.15, 0.2) is 29.2 Å². The summed E-state index contributed by atoms with van der Waals surface area (Å²) < 4.78 is 0. The molecule has 0 amide bonds. The minimum absolute atomic E-state index is 0.264. The molecule has 0 aliphatic heterocycles. The average molecular weight is 203 g/mol. The Hall–Kier alpha value is -2.17. The van der Waals surface area contributed by atoms with E-state index in [1.807, 2.05) is 13.0 Å². The number of aromatic amines is 1. The van der Waals surface area contributed by atoms with Gasteiger partial charge in [-0.25, -0.2) is 0 Å². The third kappa shape index (κ3) is 2.01. The zero-order valence-corrected chi connectivity index (χ0v) is 8.06. The lowest BCUT2D eigenvalue weighted by Crippen LogP contribution is -2.07. The van der Waals surface area contributed by atoms with Gasteiger partial charge in [0, 0.05) is 6.20 Å². The SMILES string of the molecule is Cc1ccc(-c2nc(O)cc(=O)[nH]2)nc1. The Bertz CT molecular complexity index is 531. The summed E-state index contributed by atoms with van der Waals surface area (Å²) >= 11 is 0. The fraction of sp³-hybridized carbons (Fsp3) is 0.100. The summed E-state index contributed by atoms with van der Waals surface area (Å²) in [5.41, 5.74) is 1.13. The number of nitrogens with zero attached hydrogens (tertiary/aromatic N) is 2. The van der Waals surface area contributed by atoms with Crippen molar-refractivity contribution in [2.75, 3.05) is 0 Å². The Balaban J connectivity index is 2.54. The molecule has 0 radical (unpaired) electrons. The van der Waals surface area contributed by atoms with E-state index in [1.165, 1.54) is 0 Å². The maximum atomic E-state index is 11.1. The maximum absolute atomic E-state index is 11.1. The number of hydrogen-bond donors (Lipinski definition) is 2. The van der Waals surface area contributed by atoms with Gasteiger partial charge < -0.3 is 10.1 Å². The molecule has 0 aromatic carbocycles. The second-order valence-electron chi connectivity index (χ2n) is 3.17. The number of H-pyrrole nitrogens is 1. The number of aromatic hydroxyl groups is 1. The van der Waals surface area contributed by atoms with Gasteiger partial charge >= 0.3 is 0 Å². The smallest absolute Gasteiger partial charge is 0.255 e. The molecule has 0 aliphatic rings. The van der Waals surface area contributed by atoms with Crippen LogP contribution < -0.4 is 5.56 Å². The van der Waals surface area contributed by atoms with E-state index < -0.39 is 5.56 Å². The van der Waals surface area contributed by atoms with Crippen molar-refractivity contribution in [3.8, 4) is 17.4 Å². The second-order valence-corrected chi connectivity index (χ2v) is 3.17. The lowest BCUT2D eigenvalue weighted by Gasteiger charge is -2.00. The highest BCUT2D eigenvalue weighted by Gasteiger charge is 2.03. The Kier molecular flexibility index (Phi) is 2.21. The van der Waals surface area contributed by atoms with Crippen LogP contribution in [-0.2, 0) is 0 Å². The molecule has 0 bridgehead atoms. The largest absolute Gasteiger partial charge is 0.493 e. The molecule has 15 heavy (non-hydrogen) atoms. The van der Waals surface area contributed by atoms with Gasteiger partial charge in [-0.1, -0.05) is 6.07 Å². The predicted molar refractivity (Wildman–Crippen MR) is 54.5 cm³/mol. The zero-order chi connectivity index (χ0) is 10.8. The van der Waals surface area contributed by atoms with Crippen LogP contribution in [-0.4, -0.2) is 20.1 Å². The van der Waals surface area contributed by atoms with Crippen molar-refractivity contribution in [1.29, 1.82) is 0 Å². The molecule has 0 spiro atoms. The van der Waals surface area contributed by atoms with Gasteiger partial charge in [-0.05, 0) is 18.6 Å². The number of hydrogen-bond acceptors (Lipinski definition) is 4. The van der Waals surface area contributed by atoms with Crippen molar-refractivity contribution in [3.63, 3.8) is 0 Å². The predicted octanol–water partition coefficient (Wildman–Crippen LogP) is 0.846. The standard InChI is InChI=1S/C10H9N3O2/c1-6-2-3-7(11-5-6)10-12-8(14)4-9(15)13-10/h2-5H,1H3,(H2,12,13,14,15). The van der Waals surface area contributed by atoms with E-state index in [0.29, 0.717) is 5.69 Å². The minimum atomic E-state index is -0.403. The molecule has 0 atom stereocenters. The maximum Gasteiger partial charge on any atom is 0.255 e. The van der Waals surface area contributed by atoms with Gasteiger partial charge in [-0.15, -0.1) is 0 Å². The fourth-order valence-corrected chi connectivity index (χ4v) is 1.17. The first-order valence-corrected chi connectivity index (χ1v) is 4.38. The average Bonchev–Trinajstić information content (AvgIpc) is 2.17. The molecule has 2 heterocycles. The molecule has 5 nitrogen and oxygen atoms in total. The summed E-state index contributed by atoms with van der Waals surface area (Å²) in [6.07, 6.45) is 1.67. The summed E-state index contributed by atoms with van der Waals surface area (Å²) in [6, 6.07) is 4.59. The van der Waals surface area contributed by atoms with E-state index in [4.69, 9.17) is 5.11 Å². The van der Waals surface area contributed by atoms with Crippen molar-refractivity contribution in [2.45, 2.75) is 6.92 Å². The molecule has 0 aliphatic carbocycles. The van der Waals surface area contributed by atoms with E-state index in [-0.39, 0.29) is 11.7 Å². The Morgan fingerprint density at radius 1 is 1.40 bits per heavy atom. The van der Waals surface area contributed by atoms with Crippen molar-refractivity contribution in [2.24, 2.45) is 0 Å². The number of aryl methyl sites for hydroxylation is 1. The van der Waals surface area contributed by atoms with Gasteiger partial charge in [-0.2, -0.15) is 4.98 Å². The van der Waals surface area contributed by atoms with Crippen LogP contribution in [0.2, 0.25) is 0 Å². The Labute approximate surface area is 85.5 Å². The molecule has 76 valence electrons. The molecule has 0 fully saturated rings. The quantitative estimate of drug-likeness (QED) is 0.720. The molecule has 0 saturated heterocycles. The summed E-state index contributed by atoms with van der Waals surface area (Å²) in [5, 5.41) is 9.15. The highest BCUT2D eigenvalue weighted by Crippen LogP contribution is 2.12. The van der Waals surface area contributed by atoms with Crippen LogP contribution in [0, 0.1) is 6.92 Å². The summed E-state index contributed by atoms with van der Waals surface area (Å²) in [6.45, 7) is 1.91. The van der Waals surface area contributed by atoms with Gasteiger partial charge in [0.25, 0.3) is 5.56 Å². The Morgan fingerprint density at radius 3 is 2.80 bits per heavy atom. The van der Waals surface area contributed by atoms with Crippen LogP contribution >= 0.6 is 0 Å². The molecule has 0 saturated carbocycles. The van der Waals surface area contributed by atoms with Crippen LogP contribution in [0.1, 0.15) is 5.56 Å². The number of rotatable bonds is 1. The molecular formula is C10H9N3O2. The monoisotopic (exact) mass is 203 g/mol. The van der Waals surface area contributed by atoms with Crippen LogP contribution in [0.25, 0.3) is 11.5 Å². The van der Waals surface area contributed by atoms with Gasteiger partial charge in [0.15, 0.2) is 5.82 Å².